The third kappa shape index (κ3) is 1.71. The minimum Gasteiger partial charge on any atom is -0.392 e. The summed E-state index contributed by atoms with van der Waals surface area (Å²) in [5, 5.41) is 8.86. The maximum Gasteiger partial charge on any atom is 0.0699 e. The molecule has 0 radical (unpaired) electrons. The average Bonchev–Trinajstić information content (AvgIpc) is 2.32. The maximum atomic E-state index is 8.86. The molecule has 1 rings (SSSR count). The van der Waals surface area contributed by atoms with Gasteiger partial charge in [0.1, 0.15) is 0 Å². The predicted molar refractivity (Wildman–Crippen MR) is 45.3 cm³/mol. The summed E-state index contributed by atoms with van der Waals surface area (Å²) in [6.45, 7) is 6.56. The first kappa shape index (κ1) is 8.08. The van der Waals surface area contributed by atoms with Crippen LogP contribution in [0.5, 0.6) is 0 Å². The van der Waals surface area contributed by atoms with Crippen LogP contribution in [0.2, 0.25) is 0 Å². The highest BCUT2D eigenvalue weighted by atomic mass is 16.3. The Hall–Kier alpha value is -1.02. The van der Waals surface area contributed by atoms with Gasteiger partial charge in [0.2, 0.25) is 0 Å². The van der Waals surface area contributed by atoms with E-state index in [4.69, 9.17) is 5.11 Å². The summed E-state index contributed by atoms with van der Waals surface area (Å²) in [5.74, 6) is 0. The molecule has 1 heterocycles. The fourth-order valence-electron chi connectivity index (χ4n) is 1.09. The van der Waals surface area contributed by atoms with Gasteiger partial charge in [0.15, 0.2) is 0 Å². The summed E-state index contributed by atoms with van der Waals surface area (Å²) in [6.07, 6.45) is 5.78. The van der Waals surface area contributed by atoms with E-state index in [2.05, 4.69) is 6.58 Å². The van der Waals surface area contributed by atoms with Crippen LogP contribution >= 0.6 is 0 Å². The van der Waals surface area contributed by atoms with Crippen molar-refractivity contribution in [3.8, 4) is 0 Å². The molecule has 0 unspecified atom stereocenters. The van der Waals surface area contributed by atoms with Crippen LogP contribution in [0.25, 0.3) is 0 Å². The number of nitrogens with zero attached hydrogens (tertiary/aromatic N) is 1. The van der Waals surface area contributed by atoms with Crippen LogP contribution in [-0.2, 0) is 13.2 Å². The number of aryl methyl sites for hydroxylation is 1. The SMILES string of the molecule is C=CCn1cc(C)c(CO)c1. The highest BCUT2D eigenvalue weighted by Gasteiger charge is 1.98. The number of aliphatic hydroxyl groups is 1. The highest BCUT2D eigenvalue weighted by molar-refractivity contribution is 5.21. The number of aromatic nitrogens is 1. The van der Waals surface area contributed by atoms with Crippen molar-refractivity contribution in [3.63, 3.8) is 0 Å². The average molecular weight is 151 g/mol. The zero-order chi connectivity index (χ0) is 8.27. The smallest absolute Gasteiger partial charge is 0.0699 e. The number of aliphatic hydroxyl groups excluding tert-OH is 1. The quantitative estimate of drug-likeness (QED) is 0.650. The summed E-state index contributed by atoms with van der Waals surface area (Å²) in [5.41, 5.74) is 2.13. The molecule has 11 heavy (non-hydrogen) atoms. The second-order valence-corrected chi connectivity index (χ2v) is 2.61. The van der Waals surface area contributed by atoms with Crippen molar-refractivity contribution in [3.05, 3.63) is 36.2 Å². The minimum atomic E-state index is 0.121. The van der Waals surface area contributed by atoms with E-state index in [1.807, 2.05) is 30.0 Å². The number of hydrogen-bond acceptors (Lipinski definition) is 1. The first-order valence-corrected chi connectivity index (χ1v) is 3.65. The zero-order valence-electron chi connectivity index (χ0n) is 6.75. The van der Waals surface area contributed by atoms with Crippen LogP contribution in [0.4, 0.5) is 0 Å². The van der Waals surface area contributed by atoms with E-state index in [-0.39, 0.29) is 6.61 Å². The molecule has 1 aromatic rings. The topological polar surface area (TPSA) is 25.2 Å². The van der Waals surface area contributed by atoms with E-state index in [0.29, 0.717) is 0 Å². The molecule has 0 bridgehead atoms. The van der Waals surface area contributed by atoms with E-state index in [9.17, 15) is 0 Å². The van der Waals surface area contributed by atoms with Crippen LogP contribution in [-0.4, -0.2) is 9.67 Å². The highest BCUT2D eigenvalue weighted by Crippen LogP contribution is 2.08. The van der Waals surface area contributed by atoms with Gasteiger partial charge >= 0.3 is 0 Å². The summed E-state index contributed by atoms with van der Waals surface area (Å²) >= 11 is 0. The van der Waals surface area contributed by atoms with Crippen LogP contribution in [0.1, 0.15) is 11.1 Å². The summed E-state index contributed by atoms with van der Waals surface area (Å²) in [6, 6.07) is 0. The molecular weight excluding hydrogens is 138 g/mol. The Bertz CT molecular complexity index is 250. The van der Waals surface area contributed by atoms with Crippen LogP contribution in [0.3, 0.4) is 0 Å². The Morgan fingerprint density at radius 2 is 2.36 bits per heavy atom. The van der Waals surface area contributed by atoms with E-state index in [0.717, 1.165) is 17.7 Å². The lowest BCUT2D eigenvalue weighted by atomic mass is 10.2. The molecule has 0 saturated carbocycles. The fraction of sp³-hybridized carbons (Fsp3) is 0.333. The number of rotatable bonds is 3. The molecule has 0 aliphatic rings. The molecule has 0 amide bonds. The first-order valence-electron chi connectivity index (χ1n) is 3.65. The standard InChI is InChI=1S/C9H13NO/c1-3-4-10-5-8(2)9(6-10)7-11/h3,5-6,11H,1,4,7H2,2H3. The van der Waals surface area contributed by atoms with Gasteiger partial charge in [0.25, 0.3) is 0 Å². The molecule has 0 aliphatic carbocycles. The van der Waals surface area contributed by atoms with E-state index in [1.54, 1.807) is 0 Å². The maximum absolute atomic E-state index is 8.86. The van der Waals surface area contributed by atoms with Crippen molar-refractivity contribution in [1.29, 1.82) is 0 Å². The van der Waals surface area contributed by atoms with Gasteiger partial charge in [-0.3, -0.25) is 0 Å². The second kappa shape index (κ2) is 3.39. The molecule has 1 N–H and O–H groups in total. The fourth-order valence-corrected chi connectivity index (χ4v) is 1.09. The minimum absolute atomic E-state index is 0.121. The molecule has 1 aromatic heterocycles. The van der Waals surface area contributed by atoms with Crippen LogP contribution < -0.4 is 0 Å². The Balaban J connectivity index is 2.85. The third-order valence-electron chi connectivity index (χ3n) is 1.70. The van der Waals surface area contributed by atoms with Gasteiger partial charge in [0.05, 0.1) is 6.61 Å². The molecule has 60 valence electrons. The molecule has 0 saturated heterocycles. The normalized spacial score (nSPS) is 10.0. The van der Waals surface area contributed by atoms with Gasteiger partial charge in [-0.05, 0) is 18.1 Å². The van der Waals surface area contributed by atoms with Gasteiger partial charge in [-0.15, -0.1) is 6.58 Å². The number of allylic oxidation sites excluding steroid dienone is 1. The molecule has 0 aromatic carbocycles. The Morgan fingerprint density at radius 3 is 2.82 bits per heavy atom. The van der Waals surface area contributed by atoms with E-state index < -0.39 is 0 Å². The van der Waals surface area contributed by atoms with Gasteiger partial charge in [-0.1, -0.05) is 6.08 Å². The summed E-state index contributed by atoms with van der Waals surface area (Å²) in [7, 11) is 0. The molecular formula is C9H13NO. The molecule has 2 heteroatoms. The lowest BCUT2D eigenvalue weighted by Gasteiger charge is -1.93. The molecule has 0 spiro atoms. The van der Waals surface area contributed by atoms with Crippen molar-refractivity contribution < 1.29 is 5.11 Å². The van der Waals surface area contributed by atoms with Crippen molar-refractivity contribution in [2.75, 3.05) is 0 Å². The number of hydrogen-bond donors (Lipinski definition) is 1. The molecule has 0 fully saturated rings. The van der Waals surface area contributed by atoms with Crippen molar-refractivity contribution >= 4 is 0 Å². The molecule has 2 nitrogen and oxygen atoms in total. The van der Waals surface area contributed by atoms with Crippen molar-refractivity contribution in [2.45, 2.75) is 20.1 Å². The lowest BCUT2D eigenvalue weighted by molar-refractivity contribution is 0.281. The van der Waals surface area contributed by atoms with Crippen molar-refractivity contribution in [1.82, 2.24) is 4.57 Å². The second-order valence-electron chi connectivity index (χ2n) is 2.61. The summed E-state index contributed by atoms with van der Waals surface area (Å²) < 4.78 is 2.01. The van der Waals surface area contributed by atoms with E-state index >= 15 is 0 Å². The predicted octanol–water partition coefficient (Wildman–Crippen LogP) is 1.47. The first-order chi connectivity index (χ1) is 5.27. The summed E-state index contributed by atoms with van der Waals surface area (Å²) in [4.78, 5) is 0. The van der Waals surface area contributed by atoms with Gasteiger partial charge in [-0.25, -0.2) is 0 Å². The third-order valence-corrected chi connectivity index (χ3v) is 1.70. The Kier molecular flexibility index (Phi) is 2.49. The van der Waals surface area contributed by atoms with Gasteiger partial charge in [-0.2, -0.15) is 0 Å². The van der Waals surface area contributed by atoms with Gasteiger partial charge in [0, 0.05) is 18.9 Å². The van der Waals surface area contributed by atoms with Crippen molar-refractivity contribution in [2.24, 2.45) is 0 Å². The largest absolute Gasteiger partial charge is 0.392 e. The zero-order valence-corrected chi connectivity index (χ0v) is 6.75. The Labute approximate surface area is 66.8 Å². The van der Waals surface area contributed by atoms with E-state index in [1.165, 1.54) is 0 Å². The lowest BCUT2D eigenvalue weighted by Crippen LogP contribution is -1.88. The van der Waals surface area contributed by atoms with Crippen LogP contribution in [0.15, 0.2) is 25.0 Å². The monoisotopic (exact) mass is 151 g/mol. The van der Waals surface area contributed by atoms with Crippen LogP contribution in [0, 0.1) is 6.92 Å². The van der Waals surface area contributed by atoms with Gasteiger partial charge < -0.3 is 9.67 Å². The Morgan fingerprint density at radius 1 is 1.64 bits per heavy atom. The molecule has 0 atom stereocenters. The molecule has 0 aliphatic heterocycles.